The summed E-state index contributed by atoms with van der Waals surface area (Å²) in [6.07, 6.45) is -3.55. The standard InChI is InChI=1S/C11H17N4O13P3.4Li/c12-9-5-1-2-15(10(5)14-4-13-9)11-8(17)7(16)6(26-11)3-25-30(21,22)28-31(23,24)27-29(18,19)20;;;;/h1-2,4,6-8,11,16-17H,3H2,(H,21,22)(H,23,24)(H2,12,13,14)(H2,18,19,20);;;;/q;4*+1/p-4. The van der Waals surface area contributed by atoms with Gasteiger partial charge < -0.3 is 53.9 Å². The van der Waals surface area contributed by atoms with Crippen LogP contribution in [0.5, 0.6) is 0 Å². The second-order valence-electron chi connectivity index (χ2n) is 6.07. The summed E-state index contributed by atoms with van der Waals surface area (Å²) >= 11 is 0. The first-order valence-electron chi connectivity index (χ1n) is 7.99. The molecule has 4 N–H and O–H groups in total. The number of hydrogen-bond donors (Lipinski definition) is 3. The molecule has 3 heterocycles. The van der Waals surface area contributed by atoms with Gasteiger partial charge >= 0.3 is 75.4 Å². The molecule has 6 atom stereocenters. The van der Waals surface area contributed by atoms with Gasteiger partial charge in [0.2, 0.25) is 0 Å². The monoisotopic (exact) mass is 530 g/mol. The van der Waals surface area contributed by atoms with E-state index in [1.165, 1.54) is 16.8 Å². The van der Waals surface area contributed by atoms with Crippen LogP contribution in [0, 0.1) is 0 Å². The molecule has 0 radical (unpaired) electrons. The Morgan fingerprint density at radius 2 is 1.60 bits per heavy atom. The van der Waals surface area contributed by atoms with Crippen molar-refractivity contribution in [2.45, 2.75) is 24.5 Å². The molecule has 0 amide bonds. The molecule has 1 aliphatic rings. The van der Waals surface area contributed by atoms with Gasteiger partial charge in [-0.1, -0.05) is 0 Å². The number of nitrogens with zero attached hydrogens (tertiary/aromatic N) is 3. The van der Waals surface area contributed by atoms with E-state index in [1.807, 2.05) is 0 Å². The molecule has 0 spiro atoms. The summed E-state index contributed by atoms with van der Waals surface area (Å²) in [6, 6.07) is 1.51. The molecule has 0 bridgehead atoms. The minimum absolute atomic E-state index is 0. The fourth-order valence-corrected chi connectivity index (χ4v) is 5.61. The topological polar surface area (TPSA) is 278 Å². The van der Waals surface area contributed by atoms with E-state index >= 15 is 0 Å². The van der Waals surface area contributed by atoms with Crippen molar-refractivity contribution in [3.8, 4) is 0 Å². The molecule has 2 aromatic rings. The summed E-state index contributed by atoms with van der Waals surface area (Å²) in [4.78, 5) is 51.1. The average Bonchev–Trinajstić information content (AvgIpc) is 3.13. The predicted molar refractivity (Wildman–Crippen MR) is 88.8 cm³/mol. The Labute approximate surface area is 245 Å². The maximum atomic E-state index is 11.6. The van der Waals surface area contributed by atoms with Crippen molar-refractivity contribution < 1.29 is 137 Å². The fraction of sp³-hybridized carbons (Fsp3) is 0.455. The molecule has 17 nitrogen and oxygen atoms in total. The number of phosphoric acid groups is 3. The van der Waals surface area contributed by atoms with Crippen LogP contribution in [0.25, 0.3) is 11.0 Å². The molecule has 0 saturated carbocycles. The third-order valence-corrected chi connectivity index (χ3v) is 7.61. The van der Waals surface area contributed by atoms with E-state index in [2.05, 4.69) is 23.1 Å². The number of phosphoric ester groups is 1. The molecule has 35 heavy (non-hydrogen) atoms. The number of ether oxygens (including phenoxy) is 1. The van der Waals surface area contributed by atoms with Gasteiger partial charge in [-0.3, -0.25) is 13.4 Å². The zero-order valence-electron chi connectivity index (χ0n) is 18.9. The molecule has 24 heteroatoms. The van der Waals surface area contributed by atoms with Gasteiger partial charge in [-0.2, -0.15) is 0 Å². The number of nitrogens with two attached hydrogens (primary N) is 1. The maximum Gasteiger partial charge on any atom is 1.00 e. The Morgan fingerprint density at radius 3 is 2.17 bits per heavy atom. The molecule has 1 aliphatic heterocycles. The first-order chi connectivity index (χ1) is 14.2. The van der Waals surface area contributed by atoms with Crippen LogP contribution in [0.1, 0.15) is 6.23 Å². The normalized spacial score (nSPS) is 25.2. The van der Waals surface area contributed by atoms with Gasteiger partial charge in [0.05, 0.1) is 19.8 Å². The van der Waals surface area contributed by atoms with Crippen molar-refractivity contribution >= 4 is 40.3 Å². The van der Waals surface area contributed by atoms with E-state index < -0.39 is 54.6 Å². The number of aliphatic hydroxyl groups excluding tert-OH is 2. The summed E-state index contributed by atoms with van der Waals surface area (Å²) in [7, 11) is -18.0. The largest absolute Gasteiger partial charge is 1.00 e. The number of nitrogen functional groups attached to an aromatic ring is 1. The molecule has 6 unspecified atom stereocenters. The quantitative estimate of drug-likeness (QED) is 0.211. The van der Waals surface area contributed by atoms with Gasteiger partial charge in [-0.25, -0.2) is 14.3 Å². The van der Waals surface area contributed by atoms with E-state index in [-0.39, 0.29) is 86.9 Å². The van der Waals surface area contributed by atoms with Crippen LogP contribution in [-0.4, -0.2) is 49.7 Å². The smallest absolute Gasteiger partial charge is 0.790 e. The van der Waals surface area contributed by atoms with E-state index in [9.17, 15) is 43.5 Å². The van der Waals surface area contributed by atoms with Crippen LogP contribution < -0.4 is 101 Å². The van der Waals surface area contributed by atoms with Crippen LogP contribution in [0.2, 0.25) is 0 Å². The molecule has 174 valence electrons. The molecule has 1 saturated heterocycles. The molecule has 0 aliphatic carbocycles. The van der Waals surface area contributed by atoms with Crippen LogP contribution in [0.3, 0.4) is 0 Å². The Balaban J connectivity index is 0. The summed E-state index contributed by atoms with van der Waals surface area (Å²) < 4.78 is 50.4. The number of rotatable bonds is 8. The predicted octanol–water partition coefficient (Wildman–Crippen LogP) is -15.5. The third kappa shape index (κ3) is 9.97. The summed E-state index contributed by atoms with van der Waals surface area (Å²) in [5.41, 5.74) is 5.94. The zero-order chi connectivity index (χ0) is 23.2. The first-order valence-corrected chi connectivity index (χ1v) is 12.4. The van der Waals surface area contributed by atoms with Gasteiger partial charge in [0, 0.05) is 6.20 Å². The van der Waals surface area contributed by atoms with Gasteiger partial charge in [0.15, 0.2) is 6.23 Å². The van der Waals surface area contributed by atoms with Crippen molar-refractivity contribution in [1.82, 2.24) is 14.5 Å². The average molecular weight is 530 g/mol. The van der Waals surface area contributed by atoms with E-state index in [4.69, 9.17) is 10.5 Å². The molecule has 0 aromatic carbocycles. The van der Waals surface area contributed by atoms with E-state index in [1.54, 1.807) is 0 Å². The molecule has 2 aromatic heterocycles. The molecule has 1 fully saturated rings. The van der Waals surface area contributed by atoms with Crippen molar-refractivity contribution in [3.05, 3.63) is 18.6 Å². The van der Waals surface area contributed by atoms with Crippen molar-refractivity contribution in [3.63, 3.8) is 0 Å². The fourth-order valence-electron chi connectivity index (χ4n) is 2.74. The van der Waals surface area contributed by atoms with Crippen LogP contribution >= 0.6 is 23.5 Å². The maximum absolute atomic E-state index is 11.6. The number of hydrogen-bond acceptors (Lipinski definition) is 16. The summed E-state index contributed by atoms with van der Waals surface area (Å²) in [5, 5.41) is 20.8. The Hall–Kier alpha value is 1.10. The van der Waals surface area contributed by atoms with E-state index in [0.29, 0.717) is 5.39 Å². The number of aromatic nitrogens is 3. The van der Waals surface area contributed by atoms with E-state index in [0.717, 1.165) is 6.33 Å². The van der Waals surface area contributed by atoms with Crippen LogP contribution in [0.4, 0.5) is 5.82 Å². The van der Waals surface area contributed by atoms with Gasteiger partial charge in [-0.05, 0) is 6.07 Å². The van der Waals surface area contributed by atoms with Crippen molar-refractivity contribution in [2.24, 2.45) is 0 Å². The van der Waals surface area contributed by atoms with Gasteiger partial charge in [-0.15, -0.1) is 0 Å². The second kappa shape index (κ2) is 14.5. The third-order valence-electron chi connectivity index (χ3n) is 3.95. The Morgan fingerprint density at radius 1 is 1.00 bits per heavy atom. The van der Waals surface area contributed by atoms with Crippen LogP contribution in [-0.2, 0) is 31.6 Å². The first kappa shape index (κ1) is 38.2. The molecule has 3 rings (SSSR count). The Kier molecular flexibility index (Phi) is 15.8. The second-order valence-corrected chi connectivity index (χ2v) is 10.3. The number of anilines is 1. The Bertz CT molecular complexity index is 1120. The summed E-state index contributed by atoms with van der Waals surface area (Å²) in [6.45, 7) is -1.06. The minimum Gasteiger partial charge on any atom is -0.790 e. The SMILES string of the molecule is Nc1ncnc2c1ccn2C1OC(COP(=O)([O-])OP(=O)([O-])OP(=O)([O-])[O-])C(O)C1O.[Li+].[Li+].[Li+].[Li+]. The number of aliphatic hydroxyl groups is 2. The summed E-state index contributed by atoms with van der Waals surface area (Å²) in [5.74, 6) is 0.131. The number of fused-ring (bicyclic) bond motifs is 1. The van der Waals surface area contributed by atoms with Crippen LogP contribution in [0.15, 0.2) is 18.6 Å². The van der Waals surface area contributed by atoms with Gasteiger partial charge in [0.25, 0.3) is 15.6 Å². The van der Waals surface area contributed by atoms with Crippen molar-refractivity contribution in [2.75, 3.05) is 12.3 Å². The van der Waals surface area contributed by atoms with Gasteiger partial charge in [0.1, 0.15) is 36.1 Å². The molecular weight excluding hydrogens is 517 g/mol. The minimum atomic E-state index is -6.13. The van der Waals surface area contributed by atoms with Crippen molar-refractivity contribution in [1.29, 1.82) is 0 Å². The zero-order valence-corrected chi connectivity index (χ0v) is 21.6. The molecular formula is C11H13Li4N4O13P3.